The lowest BCUT2D eigenvalue weighted by atomic mass is 10.1. The van der Waals surface area contributed by atoms with Gasteiger partial charge in [-0.05, 0) is 55.8 Å². The fraction of sp³-hybridized carbons (Fsp3) is 0.182. The van der Waals surface area contributed by atoms with Gasteiger partial charge in [0.1, 0.15) is 4.83 Å². The molecule has 2 aromatic heterocycles. The van der Waals surface area contributed by atoms with Crippen LogP contribution >= 0.6 is 11.3 Å². The molecule has 148 valence electrons. The number of alkyl halides is 3. The van der Waals surface area contributed by atoms with E-state index in [9.17, 15) is 18.0 Å². The van der Waals surface area contributed by atoms with Gasteiger partial charge in [-0.3, -0.25) is 4.79 Å². The number of amides is 1. The van der Waals surface area contributed by atoms with Gasteiger partial charge in [-0.2, -0.15) is 13.2 Å². The van der Waals surface area contributed by atoms with Crippen molar-refractivity contribution in [3.63, 3.8) is 0 Å². The zero-order chi connectivity index (χ0) is 20.8. The van der Waals surface area contributed by atoms with Crippen LogP contribution in [-0.4, -0.2) is 17.4 Å². The second-order valence-electron chi connectivity index (χ2n) is 6.79. The molecule has 29 heavy (non-hydrogen) atoms. The first-order valence-electron chi connectivity index (χ1n) is 9.06. The van der Waals surface area contributed by atoms with Crippen molar-refractivity contribution in [2.24, 2.45) is 0 Å². The van der Waals surface area contributed by atoms with Crippen molar-refractivity contribution in [2.75, 3.05) is 11.4 Å². The van der Waals surface area contributed by atoms with Gasteiger partial charge in [-0.15, -0.1) is 11.3 Å². The van der Waals surface area contributed by atoms with Crippen molar-refractivity contribution in [1.29, 1.82) is 0 Å². The summed E-state index contributed by atoms with van der Waals surface area (Å²) in [6.07, 6.45) is -4.46. The minimum atomic E-state index is -4.46. The summed E-state index contributed by atoms with van der Waals surface area (Å²) in [6.45, 7) is 3.98. The third-order valence-corrected chi connectivity index (χ3v) is 5.75. The van der Waals surface area contributed by atoms with E-state index < -0.39 is 11.7 Å². The molecule has 0 fully saturated rings. The van der Waals surface area contributed by atoms with E-state index in [1.807, 2.05) is 31.2 Å². The second kappa shape index (κ2) is 7.15. The Morgan fingerprint density at radius 3 is 2.59 bits per heavy atom. The quantitative estimate of drug-likeness (QED) is 0.386. The number of nitrogens with zero attached hydrogens (tertiary/aromatic N) is 2. The minimum absolute atomic E-state index is 0.221. The van der Waals surface area contributed by atoms with Crippen LogP contribution in [0, 0.1) is 6.92 Å². The molecule has 2 heterocycles. The van der Waals surface area contributed by atoms with Gasteiger partial charge in [0.05, 0.1) is 16.0 Å². The van der Waals surface area contributed by atoms with Crippen molar-refractivity contribution in [2.45, 2.75) is 20.0 Å². The number of hydrogen-bond acceptors (Lipinski definition) is 3. The van der Waals surface area contributed by atoms with E-state index in [2.05, 4.69) is 4.98 Å². The van der Waals surface area contributed by atoms with Crippen LogP contribution in [0.15, 0.2) is 54.6 Å². The maximum absolute atomic E-state index is 13.1. The molecule has 0 saturated heterocycles. The summed E-state index contributed by atoms with van der Waals surface area (Å²) in [5, 5.41) is 1.82. The molecule has 0 spiro atoms. The van der Waals surface area contributed by atoms with Gasteiger partial charge in [0.2, 0.25) is 0 Å². The van der Waals surface area contributed by atoms with Gasteiger partial charge in [0.15, 0.2) is 0 Å². The molecule has 4 rings (SSSR count). The number of pyridine rings is 1. The van der Waals surface area contributed by atoms with E-state index >= 15 is 0 Å². The summed E-state index contributed by atoms with van der Waals surface area (Å²) in [7, 11) is 0. The Balaban J connectivity index is 1.74. The number of carbonyl (C=O) groups excluding carboxylic acids is 1. The Morgan fingerprint density at radius 1 is 1.07 bits per heavy atom. The van der Waals surface area contributed by atoms with Crippen molar-refractivity contribution in [1.82, 2.24) is 4.98 Å². The number of thiophene rings is 1. The molecular formula is C22H17F3N2OS. The first-order chi connectivity index (χ1) is 13.8. The van der Waals surface area contributed by atoms with E-state index in [1.165, 1.54) is 28.4 Å². The highest BCUT2D eigenvalue weighted by molar-refractivity contribution is 7.20. The molecule has 2 aromatic carbocycles. The van der Waals surface area contributed by atoms with Crippen molar-refractivity contribution >= 4 is 44.1 Å². The van der Waals surface area contributed by atoms with Gasteiger partial charge >= 0.3 is 6.18 Å². The van der Waals surface area contributed by atoms with Gasteiger partial charge in [0, 0.05) is 23.0 Å². The van der Waals surface area contributed by atoms with Crippen LogP contribution < -0.4 is 4.90 Å². The van der Waals surface area contributed by atoms with Crippen molar-refractivity contribution < 1.29 is 18.0 Å². The van der Waals surface area contributed by atoms with Crippen LogP contribution in [0.5, 0.6) is 0 Å². The van der Waals surface area contributed by atoms with Crippen LogP contribution in [0.1, 0.15) is 27.7 Å². The summed E-state index contributed by atoms with van der Waals surface area (Å²) >= 11 is 1.25. The molecular weight excluding hydrogens is 397 g/mol. The summed E-state index contributed by atoms with van der Waals surface area (Å²) in [4.78, 5) is 20.2. The van der Waals surface area contributed by atoms with Crippen LogP contribution in [0.3, 0.4) is 0 Å². The SMILES string of the molecule is CCN(C(=O)c1cc2cc3ccc(C)cc3nc2s1)c1cccc(C(F)(F)F)c1. The Hall–Kier alpha value is -2.93. The maximum atomic E-state index is 13.1. The number of hydrogen-bond donors (Lipinski definition) is 0. The van der Waals surface area contributed by atoms with Crippen molar-refractivity contribution in [3.8, 4) is 0 Å². The van der Waals surface area contributed by atoms with Crippen LogP contribution in [0.4, 0.5) is 18.9 Å². The van der Waals surface area contributed by atoms with E-state index in [0.717, 1.165) is 38.8 Å². The number of rotatable bonds is 3. The number of anilines is 1. The monoisotopic (exact) mass is 414 g/mol. The normalized spacial score (nSPS) is 11.9. The lowest BCUT2D eigenvalue weighted by Crippen LogP contribution is -2.30. The topological polar surface area (TPSA) is 33.2 Å². The molecule has 0 unspecified atom stereocenters. The minimum Gasteiger partial charge on any atom is -0.308 e. The highest BCUT2D eigenvalue weighted by atomic mass is 32.1. The van der Waals surface area contributed by atoms with E-state index in [0.29, 0.717) is 4.88 Å². The van der Waals surface area contributed by atoms with Gasteiger partial charge < -0.3 is 4.90 Å². The summed E-state index contributed by atoms with van der Waals surface area (Å²) in [5.74, 6) is -0.338. The highest BCUT2D eigenvalue weighted by Gasteiger charge is 2.31. The highest BCUT2D eigenvalue weighted by Crippen LogP contribution is 2.33. The fourth-order valence-electron chi connectivity index (χ4n) is 3.27. The molecule has 0 aliphatic carbocycles. The molecule has 4 aromatic rings. The average Bonchev–Trinajstić information content (AvgIpc) is 3.09. The molecule has 0 bridgehead atoms. The number of benzene rings is 2. The molecule has 0 radical (unpaired) electrons. The lowest BCUT2D eigenvalue weighted by molar-refractivity contribution is -0.137. The zero-order valence-corrected chi connectivity index (χ0v) is 16.6. The van der Waals surface area contributed by atoms with E-state index in [1.54, 1.807) is 13.0 Å². The van der Waals surface area contributed by atoms with E-state index in [-0.39, 0.29) is 18.1 Å². The predicted octanol–water partition coefficient (Wildman–Crippen LogP) is 6.44. The van der Waals surface area contributed by atoms with Gasteiger partial charge in [-0.1, -0.05) is 18.2 Å². The third kappa shape index (κ3) is 3.70. The Labute approximate surface area is 169 Å². The van der Waals surface area contributed by atoms with Crippen LogP contribution in [0.25, 0.3) is 21.1 Å². The Morgan fingerprint density at radius 2 is 1.86 bits per heavy atom. The zero-order valence-electron chi connectivity index (χ0n) is 15.7. The van der Waals surface area contributed by atoms with Crippen molar-refractivity contribution in [3.05, 3.63) is 70.6 Å². The molecule has 1 amide bonds. The van der Waals surface area contributed by atoms with Crippen LogP contribution in [-0.2, 0) is 6.18 Å². The molecule has 0 aliphatic heterocycles. The Kier molecular flexibility index (Phi) is 4.78. The number of fused-ring (bicyclic) bond motifs is 2. The summed E-state index contributed by atoms with van der Waals surface area (Å²) in [6, 6.07) is 14.5. The molecule has 0 N–H and O–H groups in total. The van der Waals surface area contributed by atoms with Gasteiger partial charge in [0.25, 0.3) is 5.91 Å². The largest absolute Gasteiger partial charge is 0.416 e. The molecule has 7 heteroatoms. The van der Waals surface area contributed by atoms with Gasteiger partial charge in [-0.25, -0.2) is 4.98 Å². The Bertz CT molecular complexity index is 1230. The average molecular weight is 414 g/mol. The fourth-order valence-corrected chi connectivity index (χ4v) is 4.24. The molecule has 0 aliphatic rings. The standard InChI is InChI=1S/C22H17F3N2OS/c1-3-27(17-6-4-5-16(12-17)22(23,24)25)21(28)19-11-15-10-14-8-7-13(2)9-18(14)26-20(15)29-19/h4-12H,3H2,1-2H3. The summed E-state index contributed by atoms with van der Waals surface area (Å²) in [5.41, 5.74) is 1.39. The van der Waals surface area contributed by atoms with E-state index in [4.69, 9.17) is 0 Å². The summed E-state index contributed by atoms with van der Waals surface area (Å²) < 4.78 is 39.2. The number of aryl methyl sites for hydroxylation is 1. The van der Waals surface area contributed by atoms with Crippen LogP contribution in [0.2, 0.25) is 0 Å². The molecule has 3 nitrogen and oxygen atoms in total. The molecule has 0 atom stereocenters. The lowest BCUT2D eigenvalue weighted by Gasteiger charge is -2.21. The smallest absolute Gasteiger partial charge is 0.308 e. The number of halogens is 3. The second-order valence-corrected chi connectivity index (χ2v) is 7.82. The maximum Gasteiger partial charge on any atom is 0.416 e. The number of aromatic nitrogens is 1. The third-order valence-electron chi connectivity index (χ3n) is 4.72. The first-order valence-corrected chi connectivity index (χ1v) is 9.88. The predicted molar refractivity (Wildman–Crippen MR) is 111 cm³/mol. The number of carbonyl (C=O) groups is 1. The first kappa shape index (κ1) is 19.4. The molecule has 0 saturated carbocycles.